The first-order chi connectivity index (χ1) is 5.49. The number of rotatable bonds is 5. The van der Waals surface area contributed by atoms with Gasteiger partial charge in [0.25, 0.3) is 10.2 Å². The molecule has 5 heteroatoms. The van der Waals surface area contributed by atoms with Gasteiger partial charge in [-0.1, -0.05) is 13.8 Å². The highest BCUT2D eigenvalue weighted by atomic mass is 32.2. The van der Waals surface area contributed by atoms with Crippen molar-refractivity contribution in [2.24, 2.45) is 5.92 Å². The van der Waals surface area contributed by atoms with Gasteiger partial charge in [0.15, 0.2) is 0 Å². The monoisotopic (exact) mass is 192 g/mol. The minimum Gasteiger partial charge on any atom is -0.202 e. The third kappa shape index (κ3) is 4.04. The summed E-state index contributed by atoms with van der Waals surface area (Å²) in [7, 11) is -3.21. The molecule has 0 heterocycles. The summed E-state index contributed by atoms with van der Waals surface area (Å²) in [5, 5.41) is 0. The van der Waals surface area contributed by atoms with E-state index in [2.05, 4.69) is 9.44 Å². The van der Waals surface area contributed by atoms with Crippen LogP contribution in [0.25, 0.3) is 0 Å². The Labute approximate surface area is 73.9 Å². The van der Waals surface area contributed by atoms with E-state index in [1.807, 2.05) is 13.8 Å². The van der Waals surface area contributed by atoms with Crippen LogP contribution in [0.2, 0.25) is 0 Å². The van der Waals surface area contributed by atoms with Crippen LogP contribution in [0.5, 0.6) is 0 Å². The van der Waals surface area contributed by atoms with E-state index < -0.39 is 10.2 Å². The molecule has 0 radical (unpaired) electrons. The summed E-state index contributed by atoms with van der Waals surface area (Å²) in [4.78, 5) is 0. The van der Waals surface area contributed by atoms with Crippen molar-refractivity contribution in [1.82, 2.24) is 9.44 Å². The van der Waals surface area contributed by atoms with Crippen molar-refractivity contribution >= 4 is 10.2 Å². The van der Waals surface area contributed by atoms with Crippen LogP contribution in [0.3, 0.4) is 0 Å². The van der Waals surface area contributed by atoms with Crippen molar-refractivity contribution < 1.29 is 8.42 Å². The van der Waals surface area contributed by atoms with Gasteiger partial charge in [0.05, 0.1) is 0 Å². The minimum absolute atomic E-state index is 0.190. The van der Waals surface area contributed by atoms with Crippen LogP contribution in [0.1, 0.15) is 26.7 Å². The van der Waals surface area contributed by atoms with E-state index in [-0.39, 0.29) is 6.04 Å². The molecule has 1 rings (SSSR count). The molecule has 1 fully saturated rings. The normalized spacial score (nSPS) is 18.6. The summed E-state index contributed by atoms with van der Waals surface area (Å²) >= 11 is 0. The van der Waals surface area contributed by atoms with Crippen molar-refractivity contribution in [3.8, 4) is 0 Å². The SMILES string of the molecule is CC(C)CNS(=O)(=O)NC1CC1. The van der Waals surface area contributed by atoms with E-state index in [0.717, 1.165) is 12.8 Å². The first-order valence-corrected chi connectivity index (χ1v) is 5.75. The van der Waals surface area contributed by atoms with Gasteiger partial charge >= 0.3 is 0 Å². The van der Waals surface area contributed by atoms with Crippen LogP contribution >= 0.6 is 0 Å². The molecule has 0 unspecified atom stereocenters. The Balaban J connectivity index is 2.27. The van der Waals surface area contributed by atoms with Crippen LogP contribution in [-0.2, 0) is 10.2 Å². The molecule has 72 valence electrons. The fraction of sp³-hybridized carbons (Fsp3) is 1.00. The van der Waals surface area contributed by atoms with Gasteiger partial charge in [0.1, 0.15) is 0 Å². The maximum absolute atomic E-state index is 11.2. The third-order valence-electron chi connectivity index (χ3n) is 1.58. The Morgan fingerprint density at radius 1 is 1.42 bits per heavy atom. The average molecular weight is 192 g/mol. The number of hydrogen-bond acceptors (Lipinski definition) is 2. The lowest BCUT2D eigenvalue weighted by molar-refractivity contribution is 0.547. The first kappa shape index (κ1) is 9.95. The quantitative estimate of drug-likeness (QED) is 0.655. The van der Waals surface area contributed by atoms with Crippen LogP contribution in [0, 0.1) is 5.92 Å². The minimum atomic E-state index is -3.21. The van der Waals surface area contributed by atoms with E-state index in [4.69, 9.17) is 0 Å². The zero-order valence-electron chi connectivity index (χ0n) is 7.50. The predicted molar refractivity (Wildman–Crippen MR) is 47.9 cm³/mol. The second-order valence-corrected chi connectivity index (χ2v) is 5.17. The van der Waals surface area contributed by atoms with Gasteiger partial charge < -0.3 is 0 Å². The summed E-state index contributed by atoms with van der Waals surface area (Å²) in [5.41, 5.74) is 0. The highest BCUT2D eigenvalue weighted by molar-refractivity contribution is 7.87. The molecule has 0 bridgehead atoms. The lowest BCUT2D eigenvalue weighted by Gasteiger charge is -2.08. The second kappa shape index (κ2) is 3.72. The fourth-order valence-corrected chi connectivity index (χ4v) is 2.05. The van der Waals surface area contributed by atoms with E-state index in [0.29, 0.717) is 12.5 Å². The molecule has 0 saturated heterocycles. The number of hydrogen-bond donors (Lipinski definition) is 2. The fourth-order valence-electron chi connectivity index (χ4n) is 0.739. The molecule has 0 aromatic rings. The predicted octanol–water partition coefficient (Wildman–Crippen LogP) is 0.229. The van der Waals surface area contributed by atoms with Crippen LogP contribution in [0.4, 0.5) is 0 Å². The molecule has 1 saturated carbocycles. The lowest BCUT2D eigenvalue weighted by Crippen LogP contribution is -2.39. The molecule has 2 N–H and O–H groups in total. The maximum atomic E-state index is 11.2. The van der Waals surface area contributed by atoms with Gasteiger partial charge in [0, 0.05) is 12.6 Å². The molecule has 1 aliphatic rings. The number of nitrogens with one attached hydrogen (secondary N) is 2. The van der Waals surface area contributed by atoms with Crippen molar-refractivity contribution in [3.05, 3.63) is 0 Å². The topological polar surface area (TPSA) is 58.2 Å². The van der Waals surface area contributed by atoms with E-state index >= 15 is 0 Å². The van der Waals surface area contributed by atoms with Gasteiger partial charge in [0.2, 0.25) is 0 Å². The molecule has 0 atom stereocenters. The summed E-state index contributed by atoms with van der Waals surface area (Å²) in [6.45, 7) is 4.45. The Kier molecular flexibility index (Phi) is 3.09. The third-order valence-corrected chi connectivity index (χ3v) is 2.77. The molecule has 0 amide bonds. The Hall–Kier alpha value is -0.130. The van der Waals surface area contributed by atoms with Gasteiger partial charge in [-0.2, -0.15) is 13.1 Å². The highest BCUT2D eigenvalue weighted by Crippen LogP contribution is 2.19. The highest BCUT2D eigenvalue weighted by Gasteiger charge is 2.26. The molecule has 0 aromatic heterocycles. The van der Waals surface area contributed by atoms with Gasteiger partial charge in [-0.15, -0.1) is 0 Å². The zero-order valence-corrected chi connectivity index (χ0v) is 8.32. The molecule has 0 aromatic carbocycles. The van der Waals surface area contributed by atoms with Crippen LogP contribution in [0.15, 0.2) is 0 Å². The Morgan fingerprint density at radius 2 is 2.00 bits per heavy atom. The van der Waals surface area contributed by atoms with Crippen LogP contribution in [-0.4, -0.2) is 21.0 Å². The summed E-state index contributed by atoms with van der Waals surface area (Å²) in [6.07, 6.45) is 1.95. The molecular weight excluding hydrogens is 176 g/mol. The van der Waals surface area contributed by atoms with Gasteiger partial charge in [-0.25, -0.2) is 4.72 Å². The summed E-state index contributed by atoms with van der Waals surface area (Å²) in [6, 6.07) is 0.190. The first-order valence-electron chi connectivity index (χ1n) is 4.26. The smallest absolute Gasteiger partial charge is 0.202 e. The Bertz CT molecular complexity index is 232. The van der Waals surface area contributed by atoms with Crippen molar-refractivity contribution in [2.45, 2.75) is 32.7 Å². The largest absolute Gasteiger partial charge is 0.277 e. The van der Waals surface area contributed by atoms with E-state index in [9.17, 15) is 8.42 Å². The molecular formula is C7H16N2O2S. The van der Waals surface area contributed by atoms with E-state index in [1.165, 1.54) is 0 Å². The maximum Gasteiger partial charge on any atom is 0.277 e. The van der Waals surface area contributed by atoms with Gasteiger partial charge in [-0.05, 0) is 18.8 Å². The molecule has 0 aliphatic heterocycles. The average Bonchev–Trinajstić information content (AvgIpc) is 2.67. The van der Waals surface area contributed by atoms with Crippen LogP contribution < -0.4 is 9.44 Å². The molecule has 12 heavy (non-hydrogen) atoms. The Morgan fingerprint density at radius 3 is 2.42 bits per heavy atom. The van der Waals surface area contributed by atoms with Crippen molar-refractivity contribution in [1.29, 1.82) is 0 Å². The summed E-state index contributed by atoms with van der Waals surface area (Å²) < 4.78 is 27.4. The molecule has 1 aliphatic carbocycles. The van der Waals surface area contributed by atoms with Crippen molar-refractivity contribution in [3.63, 3.8) is 0 Å². The second-order valence-electron chi connectivity index (χ2n) is 3.64. The lowest BCUT2D eigenvalue weighted by atomic mass is 10.2. The molecule has 0 spiro atoms. The summed E-state index contributed by atoms with van der Waals surface area (Å²) in [5.74, 6) is 0.348. The van der Waals surface area contributed by atoms with E-state index in [1.54, 1.807) is 0 Å². The van der Waals surface area contributed by atoms with Gasteiger partial charge in [-0.3, -0.25) is 0 Å². The molecule has 4 nitrogen and oxygen atoms in total. The van der Waals surface area contributed by atoms with Crippen molar-refractivity contribution in [2.75, 3.05) is 6.54 Å². The zero-order chi connectivity index (χ0) is 9.19. The standard InChI is InChI=1S/C7H16N2O2S/c1-6(2)5-8-12(10,11)9-7-3-4-7/h6-9H,3-5H2,1-2H3.